The van der Waals surface area contributed by atoms with Gasteiger partial charge in [0.25, 0.3) is 0 Å². The van der Waals surface area contributed by atoms with Gasteiger partial charge in [0, 0.05) is 18.7 Å². The van der Waals surface area contributed by atoms with E-state index in [0.717, 1.165) is 24.6 Å². The summed E-state index contributed by atoms with van der Waals surface area (Å²) in [4.78, 5) is 10.3. The van der Waals surface area contributed by atoms with Crippen LogP contribution in [0.3, 0.4) is 0 Å². The lowest BCUT2D eigenvalue weighted by molar-refractivity contribution is 0.447. The minimum absolute atomic E-state index is 0. The van der Waals surface area contributed by atoms with Gasteiger partial charge in [0.2, 0.25) is 0 Å². The third-order valence-corrected chi connectivity index (χ3v) is 4.00. The van der Waals surface area contributed by atoms with Gasteiger partial charge in [-0.3, -0.25) is 0 Å². The Bertz CT molecular complexity index is 484. The molecule has 1 aliphatic rings. The van der Waals surface area contributed by atoms with Crippen molar-refractivity contribution in [2.75, 3.05) is 13.1 Å². The predicted molar refractivity (Wildman–Crippen MR) is 84.7 cm³/mol. The first-order valence-electron chi connectivity index (χ1n) is 6.01. The van der Waals surface area contributed by atoms with Crippen LogP contribution < -0.4 is 5.32 Å². The standard InChI is InChI=1S/C13H15N3S.2ClH/c1-3-10(9-14-6-1)13-15-7-5-11(16-13)12-4-2-8-17-12;;/h2,4-5,7-8,10,14H,1,3,6,9H2;2*1H. The van der Waals surface area contributed by atoms with E-state index in [0.29, 0.717) is 5.92 Å². The maximum atomic E-state index is 4.70. The molecule has 2 aromatic heterocycles. The minimum Gasteiger partial charge on any atom is -0.316 e. The summed E-state index contributed by atoms with van der Waals surface area (Å²) in [5, 5.41) is 5.49. The van der Waals surface area contributed by atoms with Crippen molar-refractivity contribution in [3.8, 4) is 10.6 Å². The van der Waals surface area contributed by atoms with Crippen molar-refractivity contribution in [2.45, 2.75) is 18.8 Å². The Labute approximate surface area is 129 Å². The van der Waals surface area contributed by atoms with Crippen LogP contribution in [0.2, 0.25) is 0 Å². The van der Waals surface area contributed by atoms with Crippen molar-refractivity contribution in [3.05, 3.63) is 35.6 Å². The third-order valence-electron chi connectivity index (χ3n) is 3.11. The van der Waals surface area contributed by atoms with E-state index in [9.17, 15) is 0 Å². The monoisotopic (exact) mass is 317 g/mol. The largest absolute Gasteiger partial charge is 0.316 e. The number of piperidine rings is 1. The normalized spacial score (nSPS) is 18.2. The fourth-order valence-electron chi connectivity index (χ4n) is 2.20. The van der Waals surface area contributed by atoms with Crippen molar-refractivity contribution in [2.24, 2.45) is 0 Å². The van der Waals surface area contributed by atoms with E-state index in [4.69, 9.17) is 4.98 Å². The molecule has 3 rings (SSSR count). The van der Waals surface area contributed by atoms with Crippen LogP contribution in [0.1, 0.15) is 24.6 Å². The molecule has 3 heterocycles. The molecule has 0 spiro atoms. The Morgan fingerprint density at radius 3 is 2.84 bits per heavy atom. The fourth-order valence-corrected chi connectivity index (χ4v) is 2.90. The van der Waals surface area contributed by atoms with Gasteiger partial charge in [0.15, 0.2) is 0 Å². The van der Waals surface area contributed by atoms with Gasteiger partial charge in [-0.2, -0.15) is 0 Å². The lowest BCUT2D eigenvalue weighted by atomic mass is 9.99. The second-order valence-corrected chi connectivity index (χ2v) is 5.27. The van der Waals surface area contributed by atoms with Crippen LogP contribution in [-0.2, 0) is 0 Å². The molecule has 104 valence electrons. The number of halogens is 2. The number of thiophene rings is 1. The van der Waals surface area contributed by atoms with Crippen LogP contribution in [0.15, 0.2) is 29.8 Å². The van der Waals surface area contributed by atoms with E-state index in [-0.39, 0.29) is 24.8 Å². The highest BCUT2D eigenvalue weighted by molar-refractivity contribution is 7.13. The summed E-state index contributed by atoms with van der Waals surface area (Å²) < 4.78 is 0. The smallest absolute Gasteiger partial charge is 0.133 e. The van der Waals surface area contributed by atoms with E-state index in [2.05, 4.69) is 27.8 Å². The number of hydrogen-bond donors (Lipinski definition) is 1. The van der Waals surface area contributed by atoms with Crippen LogP contribution >= 0.6 is 36.2 Å². The zero-order valence-electron chi connectivity index (χ0n) is 10.4. The maximum absolute atomic E-state index is 4.70. The second-order valence-electron chi connectivity index (χ2n) is 4.32. The first-order chi connectivity index (χ1) is 8.43. The fraction of sp³-hybridized carbons (Fsp3) is 0.385. The highest BCUT2D eigenvalue weighted by atomic mass is 35.5. The molecule has 0 bridgehead atoms. The van der Waals surface area contributed by atoms with Crippen LogP contribution in [0.5, 0.6) is 0 Å². The highest BCUT2D eigenvalue weighted by Gasteiger charge is 2.18. The molecule has 2 aromatic rings. The van der Waals surface area contributed by atoms with Gasteiger partial charge in [-0.1, -0.05) is 6.07 Å². The van der Waals surface area contributed by atoms with Gasteiger partial charge in [-0.15, -0.1) is 36.2 Å². The molecular formula is C13H17Cl2N3S. The molecule has 3 nitrogen and oxygen atoms in total. The van der Waals surface area contributed by atoms with Crippen LogP contribution in [-0.4, -0.2) is 23.1 Å². The minimum atomic E-state index is 0. The second kappa shape index (κ2) is 7.80. The molecule has 0 aliphatic carbocycles. The third kappa shape index (κ3) is 3.89. The van der Waals surface area contributed by atoms with Crippen LogP contribution in [0.25, 0.3) is 10.6 Å². The van der Waals surface area contributed by atoms with Crippen LogP contribution in [0, 0.1) is 0 Å². The lowest BCUT2D eigenvalue weighted by Crippen LogP contribution is -2.29. The van der Waals surface area contributed by atoms with Gasteiger partial charge >= 0.3 is 0 Å². The Kier molecular flexibility index (Phi) is 6.72. The van der Waals surface area contributed by atoms with E-state index in [1.165, 1.54) is 17.7 Å². The quantitative estimate of drug-likeness (QED) is 0.921. The van der Waals surface area contributed by atoms with Crippen molar-refractivity contribution in [1.82, 2.24) is 15.3 Å². The van der Waals surface area contributed by atoms with E-state index in [1.54, 1.807) is 11.3 Å². The molecule has 1 saturated heterocycles. The summed E-state index contributed by atoms with van der Waals surface area (Å²) in [7, 11) is 0. The van der Waals surface area contributed by atoms with Crippen molar-refractivity contribution >= 4 is 36.2 Å². The van der Waals surface area contributed by atoms with E-state index < -0.39 is 0 Å². The van der Waals surface area contributed by atoms with Crippen molar-refractivity contribution in [3.63, 3.8) is 0 Å². The zero-order valence-corrected chi connectivity index (χ0v) is 12.9. The van der Waals surface area contributed by atoms with Gasteiger partial charge in [0.05, 0.1) is 10.6 Å². The summed E-state index contributed by atoms with van der Waals surface area (Å²) in [6.45, 7) is 2.13. The summed E-state index contributed by atoms with van der Waals surface area (Å²) in [6, 6.07) is 6.16. The average Bonchev–Trinajstić information content (AvgIpc) is 2.94. The van der Waals surface area contributed by atoms with Gasteiger partial charge in [-0.05, 0) is 36.9 Å². The van der Waals surface area contributed by atoms with Gasteiger partial charge in [0.1, 0.15) is 5.82 Å². The molecule has 1 N–H and O–H groups in total. The summed E-state index contributed by atoms with van der Waals surface area (Å²) >= 11 is 1.73. The number of hydrogen-bond acceptors (Lipinski definition) is 4. The van der Waals surface area contributed by atoms with Crippen LogP contribution in [0.4, 0.5) is 0 Å². The molecule has 0 radical (unpaired) electrons. The maximum Gasteiger partial charge on any atom is 0.133 e. The topological polar surface area (TPSA) is 37.8 Å². The molecule has 1 aliphatic heterocycles. The molecule has 1 atom stereocenters. The number of aromatic nitrogens is 2. The highest BCUT2D eigenvalue weighted by Crippen LogP contribution is 2.25. The number of rotatable bonds is 2. The lowest BCUT2D eigenvalue weighted by Gasteiger charge is -2.21. The average molecular weight is 318 g/mol. The van der Waals surface area contributed by atoms with Crippen molar-refractivity contribution < 1.29 is 0 Å². The van der Waals surface area contributed by atoms with Gasteiger partial charge in [-0.25, -0.2) is 9.97 Å². The molecule has 0 amide bonds. The number of nitrogens with one attached hydrogen (secondary N) is 1. The Balaban J connectivity index is 0.000000902. The van der Waals surface area contributed by atoms with E-state index >= 15 is 0 Å². The Morgan fingerprint density at radius 2 is 2.16 bits per heavy atom. The van der Waals surface area contributed by atoms with E-state index in [1.807, 2.05) is 12.3 Å². The molecule has 19 heavy (non-hydrogen) atoms. The molecule has 6 heteroatoms. The predicted octanol–water partition coefficient (Wildman–Crippen LogP) is 3.52. The van der Waals surface area contributed by atoms with Gasteiger partial charge < -0.3 is 5.32 Å². The Morgan fingerprint density at radius 1 is 1.26 bits per heavy atom. The Hall–Kier alpha value is -0.680. The van der Waals surface area contributed by atoms with Crippen molar-refractivity contribution in [1.29, 1.82) is 0 Å². The summed E-state index contributed by atoms with van der Waals surface area (Å²) in [6.07, 6.45) is 4.30. The molecule has 0 aromatic carbocycles. The first-order valence-corrected chi connectivity index (χ1v) is 6.89. The SMILES string of the molecule is Cl.Cl.c1csc(-c2ccnc(C3CCCNC3)n2)c1. The molecule has 1 fully saturated rings. The first kappa shape index (κ1) is 16.4. The summed E-state index contributed by atoms with van der Waals surface area (Å²) in [5.41, 5.74) is 1.05. The molecule has 0 saturated carbocycles. The molecular weight excluding hydrogens is 301 g/mol. The molecule has 1 unspecified atom stereocenters. The zero-order chi connectivity index (χ0) is 11.5. The summed E-state index contributed by atoms with van der Waals surface area (Å²) in [5.74, 6) is 1.46. The number of nitrogens with zero attached hydrogens (tertiary/aromatic N) is 2.